The summed E-state index contributed by atoms with van der Waals surface area (Å²) in [5.41, 5.74) is 1.62. The van der Waals surface area contributed by atoms with Crippen molar-refractivity contribution in [2.45, 2.75) is 18.8 Å². The Labute approximate surface area is 122 Å². The summed E-state index contributed by atoms with van der Waals surface area (Å²) in [5, 5.41) is 18.3. The third-order valence-electron chi connectivity index (χ3n) is 2.54. The number of nitro benzene ring substituents is 1. The van der Waals surface area contributed by atoms with Crippen LogP contribution in [0.1, 0.15) is 23.6 Å². The quantitative estimate of drug-likeness (QED) is 0.484. The summed E-state index contributed by atoms with van der Waals surface area (Å²) < 4.78 is 2.30. The molecule has 0 bridgehead atoms. The molecule has 19 heavy (non-hydrogen) atoms. The standard InChI is InChI=1S/C11H10BrClN4O2/c1-7(13)11-6-16(15-14-11)5-8-2-3-9(17(18)19)4-10(8)12/h2-4,6-7H,5H2,1H3. The maximum absolute atomic E-state index is 10.6. The first-order valence-electron chi connectivity index (χ1n) is 5.44. The van der Waals surface area contributed by atoms with Crippen molar-refractivity contribution >= 4 is 33.2 Å². The van der Waals surface area contributed by atoms with E-state index < -0.39 is 4.92 Å². The number of nitro groups is 1. The molecule has 0 aliphatic heterocycles. The summed E-state index contributed by atoms with van der Waals surface area (Å²) in [6.45, 7) is 2.28. The Morgan fingerprint density at radius 2 is 2.32 bits per heavy atom. The fraction of sp³-hybridized carbons (Fsp3) is 0.273. The van der Waals surface area contributed by atoms with Gasteiger partial charge in [-0.05, 0) is 18.6 Å². The van der Waals surface area contributed by atoms with Crippen LogP contribution in [0.5, 0.6) is 0 Å². The summed E-state index contributed by atoms with van der Waals surface area (Å²) >= 11 is 9.22. The summed E-state index contributed by atoms with van der Waals surface area (Å²) in [6, 6.07) is 4.62. The fourth-order valence-electron chi connectivity index (χ4n) is 1.53. The predicted octanol–water partition coefficient (Wildman–Crippen LogP) is 3.30. The Balaban J connectivity index is 2.20. The number of non-ortho nitro benzene ring substituents is 1. The Kier molecular flexibility index (Phi) is 4.16. The maximum atomic E-state index is 10.6. The van der Waals surface area contributed by atoms with Gasteiger partial charge in [0.15, 0.2) is 0 Å². The van der Waals surface area contributed by atoms with E-state index in [1.54, 1.807) is 16.9 Å². The molecule has 1 heterocycles. The number of hydrogen-bond acceptors (Lipinski definition) is 4. The summed E-state index contributed by atoms with van der Waals surface area (Å²) in [4.78, 5) is 10.2. The lowest BCUT2D eigenvalue weighted by Gasteiger charge is -2.04. The highest BCUT2D eigenvalue weighted by molar-refractivity contribution is 9.10. The molecule has 2 rings (SSSR count). The molecule has 0 spiro atoms. The number of nitrogens with zero attached hydrogens (tertiary/aromatic N) is 4. The molecule has 6 nitrogen and oxygen atoms in total. The lowest BCUT2D eigenvalue weighted by Crippen LogP contribution is -2.01. The highest BCUT2D eigenvalue weighted by Gasteiger charge is 2.11. The summed E-state index contributed by atoms with van der Waals surface area (Å²) in [7, 11) is 0. The van der Waals surface area contributed by atoms with Gasteiger partial charge in [-0.1, -0.05) is 21.1 Å². The zero-order valence-corrected chi connectivity index (χ0v) is 12.3. The van der Waals surface area contributed by atoms with Crippen molar-refractivity contribution in [2.75, 3.05) is 0 Å². The van der Waals surface area contributed by atoms with Crippen molar-refractivity contribution in [2.24, 2.45) is 0 Å². The molecular weight excluding hydrogens is 336 g/mol. The number of hydrogen-bond donors (Lipinski definition) is 0. The average Bonchev–Trinajstić information content (AvgIpc) is 2.80. The van der Waals surface area contributed by atoms with E-state index in [1.165, 1.54) is 12.1 Å². The number of rotatable bonds is 4. The first-order chi connectivity index (χ1) is 8.97. The molecule has 2 aromatic rings. The van der Waals surface area contributed by atoms with Crippen molar-refractivity contribution < 1.29 is 4.92 Å². The first kappa shape index (κ1) is 14.0. The predicted molar refractivity (Wildman–Crippen MR) is 74.2 cm³/mol. The third kappa shape index (κ3) is 3.30. The van der Waals surface area contributed by atoms with Crippen molar-refractivity contribution in [3.05, 3.63) is 50.2 Å². The van der Waals surface area contributed by atoms with Crippen molar-refractivity contribution in [1.29, 1.82) is 0 Å². The van der Waals surface area contributed by atoms with Gasteiger partial charge in [0.05, 0.1) is 23.0 Å². The van der Waals surface area contributed by atoms with Crippen LogP contribution in [0.2, 0.25) is 0 Å². The molecule has 100 valence electrons. The number of benzene rings is 1. The van der Waals surface area contributed by atoms with Crippen LogP contribution in [-0.2, 0) is 6.54 Å². The van der Waals surface area contributed by atoms with Gasteiger partial charge in [-0.15, -0.1) is 16.7 Å². The molecule has 0 N–H and O–H groups in total. The smallest absolute Gasteiger partial charge is 0.258 e. The summed E-state index contributed by atoms with van der Waals surface area (Å²) in [6.07, 6.45) is 1.76. The Morgan fingerprint density at radius 3 is 2.84 bits per heavy atom. The fourth-order valence-corrected chi connectivity index (χ4v) is 2.12. The molecule has 0 radical (unpaired) electrons. The van der Waals surface area contributed by atoms with Gasteiger partial charge in [0, 0.05) is 16.6 Å². The molecule has 1 unspecified atom stereocenters. The van der Waals surface area contributed by atoms with Gasteiger partial charge >= 0.3 is 0 Å². The molecule has 1 aromatic carbocycles. The topological polar surface area (TPSA) is 73.8 Å². The van der Waals surface area contributed by atoms with Crippen LogP contribution in [0.4, 0.5) is 5.69 Å². The van der Waals surface area contributed by atoms with Gasteiger partial charge in [-0.25, -0.2) is 4.68 Å². The molecular formula is C11H10BrClN4O2. The SMILES string of the molecule is CC(Cl)c1cn(Cc2ccc([N+](=O)[O-])cc2Br)nn1. The van der Waals surface area contributed by atoms with E-state index in [4.69, 9.17) is 11.6 Å². The molecule has 0 saturated heterocycles. The molecule has 0 saturated carbocycles. The lowest BCUT2D eigenvalue weighted by molar-refractivity contribution is -0.384. The van der Waals surface area contributed by atoms with E-state index >= 15 is 0 Å². The maximum Gasteiger partial charge on any atom is 0.270 e. The zero-order valence-electron chi connectivity index (χ0n) is 9.96. The van der Waals surface area contributed by atoms with Gasteiger partial charge in [-0.2, -0.15) is 0 Å². The normalized spacial score (nSPS) is 12.4. The van der Waals surface area contributed by atoms with Gasteiger partial charge in [0.1, 0.15) is 5.69 Å². The van der Waals surface area contributed by atoms with Crippen LogP contribution in [0.3, 0.4) is 0 Å². The van der Waals surface area contributed by atoms with Crippen LogP contribution < -0.4 is 0 Å². The highest BCUT2D eigenvalue weighted by Crippen LogP contribution is 2.24. The Morgan fingerprint density at radius 1 is 1.58 bits per heavy atom. The first-order valence-corrected chi connectivity index (χ1v) is 6.67. The van der Waals surface area contributed by atoms with Gasteiger partial charge in [0.25, 0.3) is 5.69 Å². The monoisotopic (exact) mass is 344 g/mol. The molecule has 0 aliphatic rings. The minimum Gasteiger partial charge on any atom is -0.258 e. The van der Waals surface area contributed by atoms with Gasteiger partial charge in [-0.3, -0.25) is 10.1 Å². The van der Waals surface area contributed by atoms with Gasteiger partial charge < -0.3 is 0 Å². The van der Waals surface area contributed by atoms with Crippen molar-refractivity contribution in [3.63, 3.8) is 0 Å². The number of alkyl halides is 1. The Hall–Kier alpha value is -1.47. The summed E-state index contributed by atoms with van der Waals surface area (Å²) in [5.74, 6) is 0. The zero-order chi connectivity index (χ0) is 14.0. The van der Waals surface area contributed by atoms with Crippen molar-refractivity contribution in [1.82, 2.24) is 15.0 Å². The molecule has 1 atom stereocenters. The van der Waals surface area contributed by atoms with Crippen LogP contribution in [0.25, 0.3) is 0 Å². The van der Waals surface area contributed by atoms with Crippen LogP contribution in [0.15, 0.2) is 28.9 Å². The molecule has 0 aliphatic carbocycles. The highest BCUT2D eigenvalue weighted by atomic mass is 79.9. The average molecular weight is 346 g/mol. The van der Waals surface area contributed by atoms with Crippen LogP contribution in [0, 0.1) is 10.1 Å². The van der Waals surface area contributed by atoms with Crippen LogP contribution >= 0.6 is 27.5 Å². The van der Waals surface area contributed by atoms with E-state index in [0.717, 1.165) is 5.56 Å². The minimum atomic E-state index is -0.433. The van der Waals surface area contributed by atoms with E-state index in [-0.39, 0.29) is 11.1 Å². The minimum absolute atomic E-state index is 0.0456. The molecule has 8 heteroatoms. The van der Waals surface area contributed by atoms with Gasteiger partial charge in [0.2, 0.25) is 0 Å². The van der Waals surface area contributed by atoms with E-state index in [0.29, 0.717) is 16.7 Å². The molecule has 0 amide bonds. The molecule has 1 aromatic heterocycles. The lowest BCUT2D eigenvalue weighted by atomic mass is 10.2. The number of aromatic nitrogens is 3. The second-order valence-electron chi connectivity index (χ2n) is 3.99. The van der Waals surface area contributed by atoms with E-state index in [9.17, 15) is 10.1 Å². The third-order valence-corrected chi connectivity index (χ3v) is 3.51. The second-order valence-corrected chi connectivity index (χ2v) is 5.50. The Bertz CT molecular complexity index is 614. The van der Waals surface area contributed by atoms with Crippen molar-refractivity contribution in [3.8, 4) is 0 Å². The van der Waals surface area contributed by atoms with E-state index in [2.05, 4.69) is 26.2 Å². The van der Waals surface area contributed by atoms with Crippen LogP contribution in [-0.4, -0.2) is 19.9 Å². The molecule has 0 fully saturated rings. The number of halogens is 2. The second kappa shape index (κ2) is 5.66. The van der Waals surface area contributed by atoms with E-state index in [1.807, 2.05) is 6.92 Å². The largest absolute Gasteiger partial charge is 0.270 e.